The molecular weight excluding hydrogens is 293 g/mol. The third kappa shape index (κ3) is 6.43. The Morgan fingerprint density at radius 1 is 1.13 bits per heavy atom. The van der Waals surface area contributed by atoms with Crippen LogP contribution in [0.1, 0.15) is 32.3 Å². The van der Waals surface area contributed by atoms with E-state index in [-0.39, 0.29) is 0 Å². The van der Waals surface area contributed by atoms with Gasteiger partial charge in [0.1, 0.15) is 5.82 Å². The van der Waals surface area contributed by atoms with E-state index in [1.54, 1.807) is 12.3 Å². The van der Waals surface area contributed by atoms with Crippen LogP contribution in [0.3, 0.4) is 0 Å². The number of allylic oxidation sites excluding steroid dienone is 1. The second-order valence-electron chi connectivity index (χ2n) is 4.72. The molecule has 0 aliphatic heterocycles. The third-order valence-electron chi connectivity index (χ3n) is 3.19. The highest BCUT2D eigenvalue weighted by molar-refractivity contribution is 5.79. The molecule has 2 aromatic rings. The van der Waals surface area contributed by atoms with Crippen LogP contribution in [0.25, 0.3) is 5.57 Å². The molecule has 0 spiro atoms. The number of hydrogen-bond acceptors (Lipinski definition) is 2. The molecular formula is C19H22FNO2. The van der Waals surface area contributed by atoms with Gasteiger partial charge in [0, 0.05) is 6.20 Å². The Bertz CT molecular complexity index is 600. The number of aromatic nitrogens is 1. The molecule has 1 aromatic carbocycles. The van der Waals surface area contributed by atoms with Crippen molar-refractivity contribution in [3.63, 3.8) is 0 Å². The van der Waals surface area contributed by atoms with Crippen LogP contribution in [-0.2, 0) is 4.79 Å². The minimum Gasteiger partial charge on any atom is -0.481 e. The lowest BCUT2D eigenvalue weighted by Crippen LogP contribution is -2.06. The number of benzene rings is 1. The molecule has 0 saturated heterocycles. The quantitative estimate of drug-likeness (QED) is 0.865. The summed E-state index contributed by atoms with van der Waals surface area (Å²) in [5.74, 6) is -1.66. The summed E-state index contributed by atoms with van der Waals surface area (Å²) in [6.45, 7) is 4.00. The van der Waals surface area contributed by atoms with Gasteiger partial charge in [-0.25, -0.2) is 4.39 Å². The zero-order valence-electron chi connectivity index (χ0n) is 13.4. The van der Waals surface area contributed by atoms with E-state index < -0.39 is 17.7 Å². The van der Waals surface area contributed by atoms with Gasteiger partial charge in [-0.15, -0.1) is 0 Å². The van der Waals surface area contributed by atoms with Gasteiger partial charge in [-0.05, 0) is 30.0 Å². The van der Waals surface area contributed by atoms with Gasteiger partial charge in [0.2, 0.25) is 0 Å². The Kier molecular flexibility index (Phi) is 8.29. The van der Waals surface area contributed by atoms with Crippen LogP contribution in [-0.4, -0.2) is 16.1 Å². The van der Waals surface area contributed by atoms with Gasteiger partial charge in [-0.1, -0.05) is 56.3 Å². The van der Waals surface area contributed by atoms with Crippen LogP contribution in [0.5, 0.6) is 0 Å². The fraction of sp³-hybridized carbons (Fsp3) is 0.263. The number of nitrogens with zero attached hydrogens (tertiary/aromatic N) is 1. The Morgan fingerprint density at radius 3 is 2.13 bits per heavy atom. The first kappa shape index (κ1) is 18.6. The number of aliphatic carboxylic acids is 1. The summed E-state index contributed by atoms with van der Waals surface area (Å²) in [6.07, 6.45) is 5.62. The van der Waals surface area contributed by atoms with Gasteiger partial charge in [0.05, 0.1) is 12.1 Å². The Morgan fingerprint density at radius 2 is 1.70 bits per heavy atom. The van der Waals surface area contributed by atoms with Gasteiger partial charge in [0.25, 0.3) is 0 Å². The Hall–Kier alpha value is -2.49. The van der Waals surface area contributed by atoms with E-state index in [1.165, 1.54) is 6.07 Å². The first-order valence-electron chi connectivity index (χ1n) is 7.71. The average Bonchev–Trinajstić information content (AvgIpc) is 3.09. The van der Waals surface area contributed by atoms with E-state index >= 15 is 0 Å². The monoisotopic (exact) mass is 315 g/mol. The molecule has 1 N–H and O–H groups in total. The highest BCUT2D eigenvalue weighted by Gasteiger charge is 2.22. The molecule has 0 amide bonds. The number of carbonyl (C=O) groups is 1. The molecule has 4 heteroatoms. The first-order valence-corrected chi connectivity index (χ1v) is 7.71. The highest BCUT2D eigenvalue weighted by Crippen LogP contribution is 2.31. The number of halogens is 1. The molecule has 0 bridgehead atoms. The Balaban J connectivity index is 0.000000276. The first-order chi connectivity index (χ1) is 11.2. The lowest BCUT2D eigenvalue weighted by Gasteiger charge is -1.99. The summed E-state index contributed by atoms with van der Waals surface area (Å²) < 4.78 is 12.9. The molecule has 122 valence electrons. The van der Waals surface area contributed by atoms with Gasteiger partial charge in [-0.2, -0.15) is 0 Å². The number of pyridine rings is 1. The SMILES string of the molecule is CC.O=C(O)C1C=C(c2cncc(F)c2)CC1.c1ccccc1. The van der Waals surface area contributed by atoms with Gasteiger partial charge < -0.3 is 5.11 Å². The number of carboxylic acids is 1. The van der Waals surface area contributed by atoms with Crippen LogP contribution < -0.4 is 0 Å². The summed E-state index contributed by atoms with van der Waals surface area (Å²) in [7, 11) is 0. The molecule has 3 rings (SSSR count). The summed E-state index contributed by atoms with van der Waals surface area (Å²) in [4.78, 5) is 14.4. The van der Waals surface area contributed by atoms with E-state index in [4.69, 9.17) is 5.11 Å². The molecule has 1 aliphatic rings. The van der Waals surface area contributed by atoms with Crippen molar-refractivity contribution in [2.24, 2.45) is 5.92 Å². The lowest BCUT2D eigenvalue weighted by molar-refractivity contribution is -0.140. The number of hydrogen-bond donors (Lipinski definition) is 1. The molecule has 1 atom stereocenters. The number of carboxylic acid groups (broad SMARTS) is 1. The molecule has 1 aromatic heterocycles. The third-order valence-corrected chi connectivity index (χ3v) is 3.19. The Labute approximate surface area is 136 Å². The molecule has 0 radical (unpaired) electrons. The fourth-order valence-corrected chi connectivity index (χ4v) is 2.13. The second kappa shape index (κ2) is 10.3. The predicted molar refractivity (Wildman–Crippen MR) is 90.3 cm³/mol. The maximum Gasteiger partial charge on any atom is 0.310 e. The predicted octanol–water partition coefficient (Wildman–Crippen LogP) is 4.81. The van der Waals surface area contributed by atoms with Crippen LogP contribution in [0.4, 0.5) is 4.39 Å². The van der Waals surface area contributed by atoms with Gasteiger partial charge in [-0.3, -0.25) is 9.78 Å². The van der Waals surface area contributed by atoms with Crippen molar-refractivity contribution in [2.45, 2.75) is 26.7 Å². The molecule has 1 unspecified atom stereocenters. The largest absolute Gasteiger partial charge is 0.481 e. The normalized spacial score (nSPS) is 15.4. The maximum absolute atomic E-state index is 12.9. The minimum absolute atomic E-state index is 0.396. The minimum atomic E-state index is -0.825. The lowest BCUT2D eigenvalue weighted by atomic mass is 10.1. The van der Waals surface area contributed by atoms with Crippen LogP contribution in [0.2, 0.25) is 0 Å². The van der Waals surface area contributed by atoms with Crippen molar-refractivity contribution in [3.05, 3.63) is 72.3 Å². The van der Waals surface area contributed by atoms with Gasteiger partial charge in [0.15, 0.2) is 0 Å². The zero-order valence-corrected chi connectivity index (χ0v) is 13.4. The summed E-state index contributed by atoms with van der Waals surface area (Å²) in [5, 5.41) is 8.80. The van der Waals surface area contributed by atoms with E-state index in [1.807, 2.05) is 50.2 Å². The van der Waals surface area contributed by atoms with Crippen LogP contribution >= 0.6 is 0 Å². The van der Waals surface area contributed by atoms with Crippen molar-refractivity contribution in [1.82, 2.24) is 4.98 Å². The van der Waals surface area contributed by atoms with E-state index in [0.29, 0.717) is 18.4 Å². The van der Waals surface area contributed by atoms with Crippen molar-refractivity contribution in [2.75, 3.05) is 0 Å². The standard InChI is InChI=1S/C11H10FNO2.C6H6.C2H6/c12-10-4-9(5-13-6-10)7-1-2-8(3-7)11(14)15;1-2-4-6-5-3-1;1-2/h3-6,8H,1-2H2,(H,14,15);1-6H;1-2H3. The van der Waals surface area contributed by atoms with Crippen molar-refractivity contribution in [1.29, 1.82) is 0 Å². The number of rotatable bonds is 2. The molecule has 0 fully saturated rings. The van der Waals surface area contributed by atoms with Crippen molar-refractivity contribution >= 4 is 11.5 Å². The highest BCUT2D eigenvalue weighted by atomic mass is 19.1. The molecule has 1 heterocycles. The summed E-state index contributed by atoms with van der Waals surface area (Å²) in [6, 6.07) is 13.4. The second-order valence-corrected chi connectivity index (χ2v) is 4.72. The van der Waals surface area contributed by atoms with Gasteiger partial charge >= 0.3 is 5.97 Å². The average molecular weight is 315 g/mol. The van der Waals surface area contributed by atoms with Crippen LogP contribution in [0, 0.1) is 11.7 Å². The topological polar surface area (TPSA) is 50.2 Å². The van der Waals surface area contributed by atoms with E-state index in [9.17, 15) is 9.18 Å². The molecule has 23 heavy (non-hydrogen) atoms. The fourth-order valence-electron chi connectivity index (χ4n) is 2.13. The molecule has 1 aliphatic carbocycles. The zero-order chi connectivity index (χ0) is 17.1. The maximum atomic E-state index is 12.9. The van der Waals surface area contributed by atoms with Crippen LogP contribution in [0.15, 0.2) is 60.9 Å². The smallest absolute Gasteiger partial charge is 0.310 e. The van der Waals surface area contributed by atoms with E-state index in [2.05, 4.69) is 4.98 Å². The van der Waals surface area contributed by atoms with Crippen molar-refractivity contribution < 1.29 is 14.3 Å². The van der Waals surface area contributed by atoms with E-state index in [0.717, 1.165) is 11.8 Å². The molecule has 0 saturated carbocycles. The van der Waals surface area contributed by atoms with Crippen molar-refractivity contribution in [3.8, 4) is 0 Å². The summed E-state index contributed by atoms with van der Waals surface area (Å²) >= 11 is 0. The molecule has 3 nitrogen and oxygen atoms in total. The summed E-state index contributed by atoms with van der Waals surface area (Å²) in [5.41, 5.74) is 1.55.